The largest absolute Gasteiger partial charge is 0.330 e. The molecule has 4 rings (SSSR count). The van der Waals surface area contributed by atoms with Crippen LogP contribution in [0, 0.1) is 0 Å². The van der Waals surface area contributed by atoms with E-state index in [0.29, 0.717) is 13.1 Å². The third-order valence-corrected chi connectivity index (χ3v) is 4.24. The molecule has 3 heterocycles. The van der Waals surface area contributed by atoms with E-state index in [0.717, 1.165) is 16.7 Å². The number of anilines is 1. The van der Waals surface area contributed by atoms with E-state index in [1.165, 1.54) is 0 Å². The van der Waals surface area contributed by atoms with Crippen molar-refractivity contribution in [3.63, 3.8) is 0 Å². The summed E-state index contributed by atoms with van der Waals surface area (Å²) >= 11 is 0. The number of para-hydroxylation sites is 1. The van der Waals surface area contributed by atoms with Crippen molar-refractivity contribution >= 4 is 28.5 Å². The highest BCUT2D eigenvalue weighted by atomic mass is 16.2. The summed E-state index contributed by atoms with van der Waals surface area (Å²) in [7, 11) is 0. The molecule has 3 aromatic rings. The van der Waals surface area contributed by atoms with Crippen molar-refractivity contribution in [2.24, 2.45) is 0 Å². The quantitative estimate of drug-likeness (QED) is 0.703. The molecule has 1 aliphatic heterocycles. The zero-order valence-corrected chi connectivity index (χ0v) is 13.4. The SMILES string of the molecule is O=C(Cn1nnc2ccccc21)N1CCN(c2cccnc2)C(=O)C1. The topological polar surface area (TPSA) is 84.2 Å². The lowest BCUT2D eigenvalue weighted by Crippen LogP contribution is -2.53. The van der Waals surface area contributed by atoms with Crippen LogP contribution in [-0.2, 0) is 16.1 Å². The van der Waals surface area contributed by atoms with Crippen LogP contribution >= 0.6 is 0 Å². The molecule has 2 amide bonds. The second-order valence-corrected chi connectivity index (χ2v) is 5.81. The predicted octanol–water partition coefficient (Wildman–Crippen LogP) is 0.702. The summed E-state index contributed by atoms with van der Waals surface area (Å²) in [4.78, 5) is 32.2. The number of benzene rings is 1. The lowest BCUT2D eigenvalue weighted by atomic mass is 10.2. The number of pyridine rings is 1. The molecule has 8 nitrogen and oxygen atoms in total. The number of rotatable bonds is 3. The van der Waals surface area contributed by atoms with E-state index in [1.54, 1.807) is 32.9 Å². The molecule has 0 radical (unpaired) electrons. The van der Waals surface area contributed by atoms with Gasteiger partial charge in [0.25, 0.3) is 0 Å². The first-order valence-corrected chi connectivity index (χ1v) is 7.99. The van der Waals surface area contributed by atoms with E-state index >= 15 is 0 Å². The number of hydrogen-bond acceptors (Lipinski definition) is 5. The fourth-order valence-electron chi connectivity index (χ4n) is 2.93. The standard InChI is InChI=1S/C17H16N6O2/c24-16(12-23-15-6-2-1-5-14(15)19-20-23)21-8-9-22(17(25)11-21)13-4-3-7-18-10-13/h1-7,10H,8-9,11-12H2. The van der Waals surface area contributed by atoms with Crippen LogP contribution in [0.25, 0.3) is 11.0 Å². The number of carbonyl (C=O) groups is 2. The molecule has 1 fully saturated rings. The van der Waals surface area contributed by atoms with Crippen molar-refractivity contribution in [3.05, 3.63) is 48.8 Å². The van der Waals surface area contributed by atoms with Crippen molar-refractivity contribution in [1.82, 2.24) is 24.9 Å². The van der Waals surface area contributed by atoms with Crippen LogP contribution in [0.15, 0.2) is 48.8 Å². The minimum atomic E-state index is -0.144. The summed E-state index contributed by atoms with van der Waals surface area (Å²) in [5.74, 6) is -0.258. The monoisotopic (exact) mass is 336 g/mol. The van der Waals surface area contributed by atoms with Gasteiger partial charge in [0, 0.05) is 19.3 Å². The van der Waals surface area contributed by atoms with Crippen LogP contribution in [0.2, 0.25) is 0 Å². The molecule has 1 aliphatic rings. The van der Waals surface area contributed by atoms with E-state index < -0.39 is 0 Å². The fraction of sp³-hybridized carbons (Fsp3) is 0.235. The van der Waals surface area contributed by atoms with Crippen LogP contribution < -0.4 is 4.90 Å². The summed E-state index contributed by atoms with van der Waals surface area (Å²) in [5.41, 5.74) is 2.30. The van der Waals surface area contributed by atoms with Crippen molar-refractivity contribution in [1.29, 1.82) is 0 Å². The molecule has 1 saturated heterocycles. The van der Waals surface area contributed by atoms with E-state index in [9.17, 15) is 9.59 Å². The first-order valence-electron chi connectivity index (χ1n) is 7.99. The van der Waals surface area contributed by atoms with Crippen molar-refractivity contribution in [2.75, 3.05) is 24.5 Å². The molecule has 0 aliphatic carbocycles. The molecular weight excluding hydrogens is 320 g/mol. The number of piperazine rings is 1. The minimum absolute atomic E-state index is 0.0559. The number of carbonyl (C=O) groups excluding carboxylic acids is 2. The van der Waals surface area contributed by atoms with Gasteiger partial charge in [-0.05, 0) is 24.3 Å². The molecule has 0 spiro atoms. The Kier molecular flexibility index (Phi) is 3.85. The third kappa shape index (κ3) is 2.93. The van der Waals surface area contributed by atoms with Gasteiger partial charge in [-0.1, -0.05) is 17.3 Å². The zero-order valence-electron chi connectivity index (χ0n) is 13.4. The van der Waals surface area contributed by atoms with Crippen LogP contribution in [0.5, 0.6) is 0 Å². The van der Waals surface area contributed by atoms with Gasteiger partial charge in [-0.25, -0.2) is 4.68 Å². The zero-order chi connectivity index (χ0) is 17.2. The highest BCUT2D eigenvalue weighted by molar-refractivity contribution is 5.97. The second-order valence-electron chi connectivity index (χ2n) is 5.81. The second kappa shape index (κ2) is 6.31. The van der Waals surface area contributed by atoms with Gasteiger partial charge in [-0.15, -0.1) is 5.10 Å². The summed E-state index contributed by atoms with van der Waals surface area (Å²) in [6.45, 7) is 1.06. The number of aromatic nitrogens is 4. The van der Waals surface area contributed by atoms with Gasteiger partial charge in [-0.2, -0.15) is 0 Å². The maximum Gasteiger partial charge on any atom is 0.246 e. The Balaban J connectivity index is 1.45. The molecule has 0 unspecified atom stereocenters. The minimum Gasteiger partial charge on any atom is -0.330 e. The highest BCUT2D eigenvalue weighted by Crippen LogP contribution is 2.16. The number of hydrogen-bond donors (Lipinski definition) is 0. The smallest absolute Gasteiger partial charge is 0.246 e. The van der Waals surface area contributed by atoms with Gasteiger partial charge in [0.2, 0.25) is 11.8 Å². The van der Waals surface area contributed by atoms with Crippen molar-refractivity contribution in [2.45, 2.75) is 6.54 Å². The Morgan fingerprint density at radius 2 is 2.00 bits per heavy atom. The Bertz CT molecular complexity index is 923. The van der Waals surface area contributed by atoms with E-state index in [-0.39, 0.29) is 24.9 Å². The van der Waals surface area contributed by atoms with E-state index in [4.69, 9.17) is 0 Å². The van der Waals surface area contributed by atoms with Crippen molar-refractivity contribution in [3.8, 4) is 0 Å². The first-order chi connectivity index (χ1) is 12.2. The molecule has 0 atom stereocenters. The molecule has 126 valence electrons. The lowest BCUT2D eigenvalue weighted by molar-refractivity contribution is -0.137. The Hall–Kier alpha value is -3.29. The molecule has 2 aromatic heterocycles. The maximum atomic E-state index is 12.6. The normalized spacial score (nSPS) is 15.0. The molecule has 0 bridgehead atoms. The van der Waals surface area contributed by atoms with Crippen LogP contribution in [0.1, 0.15) is 0 Å². The number of amides is 2. The Morgan fingerprint density at radius 1 is 1.12 bits per heavy atom. The Morgan fingerprint density at radius 3 is 2.80 bits per heavy atom. The van der Waals surface area contributed by atoms with E-state index in [1.807, 2.05) is 30.3 Å². The summed E-state index contributed by atoms with van der Waals surface area (Å²) in [6.07, 6.45) is 3.31. The average molecular weight is 336 g/mol. The highest BCUT2D eigenvalue weighted by Gasteiger charge is 2.28. The summed E-state index contributed by atoms with van der Waals surface area (Å²) in [5, 5.41) is 8.07. The van der Waals surface area contributed by atoms with Crippen molar-refractivity contribution < 1.29 is 9.59 Å². The number of fused-ring (bicyclic) bond motifs is 1. The van der Waals surface area contributed by atoms with Crippen LogP contribution in [0.4, 0.5) is 5.69 Å². The molecule has 0 N–H and O–H groups in total. The summed E-state index contributed by atoms with van der Waals surface area (Å²) in [6, 6.07) is 11.1. The van der Waals surface area contributed by atoms with Gasteiger partial charge in [0.1, 0.15) is 18.6 Å². The predicted molar refractivity (Wildman–Crippen MR) is 90.7 cm³/mol. The fourth-order valence-corrected chi connectivity index (χ4v) is 2.93. The maximum absolute atomic E-state index is 12.6. The van der Waals surface area contributed by atoms with Gasteiger partial charge < -0.3 is 9.80 Å². The van der Waals surface area contributed by atoms with Crippen LogP contribution in [0.3, 0.4) is 0 Å². The number of nitrogens with zero attached hydrogens (tertiary/aromatic N) is 6. The third-order valence-electron chi connectivity index (χ3n) is 4.24. The van der Waals surface area contributed by atoms with Gasteiger partial charge in [0.15, 0.2) is 0 Å². The molecule has 0 saturated carbocycles. The van der Waals surface area contributed by atoms with Crippen LogP contribution in [-0.4, -0.2) is 56.3 Å². The van der Waals surface area contributed by atoms with Gasteiger partial charge in [-0.3, -0.25) is 14.6 Å². The van der Waals surface area contributed by atoms with E-state index in [2.05, 4.69) is 15.3 Å². The summed E-state index contributed by atoms with van der Waals surface area (Å²) < 4.78 is 1.57. The molecule has 8 heteroatoms. The lowest BCUT2D eigenvalue weighted by Gasteiger charge is -2.34. The molecule has 1 aromatic carbocycles. The van der Waals surface area contributed by atoms with Gasteiger partial charge >= 0.3 is 0 Å². The average Bonchev–Trinajstić information content (AvgIpc) is 3.05. The van der Waals surface area contributed by atoms with Gasteiger partial charge in [0.05, 0.1) is 17.4 Å². The molecule has 25 heavy (non-hydrogen) atoms. The molecular formula is C17H16N6O2. The Labute approximate surface area is 143 Å². The first kappa shape index (κ1) is 15.3.